The maximum Gasteiger partial charge on any atom is -0.0146 e. The second-order valence-electron chi connectivity index (χ2n) is 9.12. The molecule has 0 saturated heterocycles. The molecule has 0 heterocycles. The van der Waals surface area contributed by atoms with E-state index >= 15 is 0 Å². The summed E-state index contributed by atoms with van der Waals surface area (Å²) in [6, 6.07) is 8.08. The molecule has 0 spiro atoms. The van der Waals surface area contributed by atoms with Crippen LogP contribution in [0.15, 0.2) is 12.1 Å². The van der Waals surface area contributed by atoms with Crippen molar-refractivity contribution in [3.05, 3.63) is 34.9 Å². The van der Waals surface area contributed by atoms with Gasteiger partial charge in [0, 0.05) is 0 Å². The van der Waals surface area contributed by atoms with Crippen LogP contribution in [-0.2, 0) is 19.3 Å². The average molecular weight is 400 g/mol. The van der Waals surface area contributed by atoms with E-state index in [9.17, 15) is 0 Å². The zero-order valence-electron chi connectivity index (χ0n) is 20.3. The first-order chi connectivity index (χ1) is 14.3. The monoisotopic (exact) mass is 399 g/mol. The summed E-state index contributed by atoms with van der Waals surface area (Å²) in [4.78, 5) is 0. The van der Waals surface area contributed by atoms with Gasteiger partial charge in [-0.1, -0.05) is 129 Å². The number of hydrogen-bond donors (Lipinski definition) is 0. The van der Waals surface area contributed by atoms with Crippen molar-refractivity contribution in [2.75, 3.05) is 0 Å². The van der Waals surface area contributed by atoms with Gasteiger partial charge in [0.25, 0.3) is 0 Å². The standard InChI is InChI=1S/C29H51/c1-4-7-9-11-12-13-14-15-16-17-18-19-20-23-28-25-22-24-27(6-3)29(28)26-21-10-8-5-2/h22,24H,4-21,23,26H2,1-3H3. The van der Waals surface area contributed by atoms with Gasteiger partial charge in [-0.15, -0.1) is 0 Å². The van der Waals surface area contributed by atoms with Gasteiger partial charge >= 0.3 is 0 Å². The summed E-state index contributed by atoms with van der Waals surface area (Å²) >= 11 is 0. The molecule has 0 aromatic heterocycles. The summed E-state index contributed by atoms with van der Waals surface area (Å²) in [7, 11) is 0. The highest BCUT2D eigenvalue weighted by Crippen LogP contribution is 2.21. The fraction of sp³-hybridized carbons (Fsp3) is 0.793. The van der Waals surface area contributed by atoms with Crippen molar-refractivity contribution in [3.8, 4) is 0 Å². The summed E-state index contributed by atoms with van der Waals surface area (Å²) in [5.41, 5.74) is 4.75. The first-order valence-corrected chi connectivity index (χ1v) is 13.3. The van der Waals surface area contributed by atoms with Gasteiger partial charge in [0.05, 0.1) is 0 Å². The number of rotatable bonds is 20. The maximum atomic E-state index is 3.60. The summed E-state index contributed by atoms with van der Waals surface area (Å²) < 4.78 is 0. The molecule has 0 unspecified atom stereocenters. The van der Waals surface area contributed by atoms with Crippen LogP contribution in [-0.4, -0.2) is 0 Å². The lowest BCUT2D eigenvalue weighted by molar-refractivity contribution is 0.539. The highest BCUT2D eigenvalue weighted by Gasteiger charge is 2.07. The predicted octanol–water partition coefficient (Wildman–Crippen LogP) is 9.81. The smallest absolute Gasteiger partial charge is 0.0146 e. The van der Waals surface area contributed by atoms with Gasteiger partial charge in [-0.2, -0.15) is 0 Å². The molecule has 0 aliphatic heterocycles. The summed E-state index contributed by atoms with van der Waals surface area (Å²) in [5, 5.41) is 0. The molecule has 0 fully saturated rings. The molecular weight excluding hydrogens is 348 g/mol. The van der Waals surface area contributed by atoms with Gasteiger partial charge in [-0.05, 0) is 54.9 Å². The van der Waals surface area contributed by atoms with Crippen LogP contribution in [0.25, 0.3) is 0 Å². The van der Waals surface area contributed by atoms with E-state index in [2.05, 4.69) is 39.0 Å². The van der Waals surface area contributed by atoms with Gasteiger partial charge in [0.2, 0.25) is 0 Å². The number of aryl methyl sites for hydroxylation is 2. The van der Waals surface area contributed by atoms with Crippen molar-refractivity contribution in [1.82, 2.24) is 0 Å². The van der Waals surface area contributed by atoms with Gasteiger partial charge in [-0.3, -0.25) is 0 Å². The normalized spacial score (nSPS) is 11.3. The second kappa shape index (κ2) is 19.2. The van der Waals surface area contributed by atoms with Crippen molar-refractivity contribution < 1.29 is 0 Å². The molecule has 29 heavy (non-hydrogen) atoms. The predicted molar refractivity (Wildman–Crippen MR) is 132 cm³/mol. The Hall–Kier alpha value is -0.780. The van der Waals surface area contributed by atoms with Crippen LogP contribution in [0.3, 0.4) is 0 Å². The Morgan fingerprint density at radius 1 is 0.552 bits per heavy atom. The summed E-state index contributed by atoms with van der Waals surface area (Å²) in [5.74, 6) is 0. The second-order valence-corrected chi connectivity index (χ2v) is 9.12. The van der Waals surface area contributed by atoms with Crippen LogP contribution in [0.1, 0.15) is 147 Å². The number of hydrogen-bond acceptors (Lipinski definition) is 0. The minimum absolute atomic E-state index is 1.17. The molecule has 0 atom stereocenters. The Kier molecular flexibility index (Phi) is 17.4. The van der Waals surface area contributed by atoms with E-state index in [4.69, 9.17) is 0 Å². The molecule has 0 nitrogen and oxygen atoms in total. The lowest BCUT2D eigenvalue weighted by Gasteiger charge is -2.14. The summed E-state index contributed by atoms with van der Waals surface area (Å²) in [6.07, 6.45) is 27.8. The Morgan fingerprint density at radius 3 is 1.52 bits per heavy atom. The van der Waals surface area contributed by atoms with E-state index in [-0.39, 0.29) is 0 Å². The molecule has 1 radical (unpaired) electrons. The van der Waals surface area contributed by atoms with Crippen molar-refractivity contribution in [1.29, 1.82) is 0 Å². The topological polar surface area (TPSA) is 0 Å². The molecular formula is C29H51. The lowest BCUT2D eigenvalue weighted by atomic mass is 9.91. The van der Waals surface area contributed by atoms with E-state index in [1.165, 1.54) is 134 Å². The number of benzene rings is 1. The van der Waals surface area contributed by atoms with Crippen LogP contribution >= 0.6 is 0 Å². The van der Waals surface area contributed by atoms with Crippen LogP contribution in [0.4, 0.5) is 0 Å². The molecule has 0 bridgehead atoms. The fourth-order valence-electron chi connectivity index (χ4n) is 4.54. The molecule has 1 aromatic carbocycles. The molecule has 167 valence electrons. The Morgan fingerprint density at radius 2 is 1.00 bits per heavy atom. The highest BCUT2D eigenvalue weighted by atomic mass is 14.1. The molecule has 1 rings (SSSR count). The highest BCUT2D eigenvalue weighted by molar-refractivity contribution is 5.35. The van der Waals surface area contributed by atoms with Crippen molar-refractivity contribution >= 4 is 0 Å². The van der Waals surface area contributed by atoms with Crippen LogP contribution in [0, 0.1) is 6.07 Å². The van der Waals surface area contributed by atoms with Crippen molar-refractivity contribution in [3.63, 3.8) is 0 Å². The lowest BCUT2D eigenvalue weighted by Crippen LogP contribution is -2.01. The van der Waals surface area contributed by atoms with Crippen LogP contribution in [0.2, 0.25) is 0 Å². The van der Waals surface area contributed by atoms with Gasteiger partial charge in [-0.25, -0.2) is 0 Å². The zero-order chi connectivity index (χ0) is 21.0. The minimum Gasteiger partial charge on any atom is -0.0654 e. The largest absolute Gasteiger partial charge is 0.0654 e. The molecule has 0 N–H and O–H groups in total. The van der Waals surface area contributed by atoms with Crippen molar-refractivity contribution in [2.24, 2.45) is 0 Å². The minimum atomic E-state index is 1.17. The third-order valence-corrected chi connectivity index (χ3v) is 6.49. The van der Waals surface area contributed by atoms with Crippen LogP contribution < -0.4 is 0 Å². The average Bonchev–Trinajstić information content (AvgIpc) is 2.75. The Bertz CT molecular complexity index is 473. The first kappa shape index (κ1) is 26.3. The maximum absolute atomic E-state index is 3.60. The van der Waals surface area contributed by atoms with E-state index < -0.39 is 0 Å². The van der Waals surface area contributed by atoms with E-state index in [1.807, 2.05) is 0 Å². The molecule has 0 aliphatic carbocycles. The molecule has 0 saturated carbocycles. The number of unbranched alkanes of at least 4 members (excludes halogenated alkanes) is 15. The van der Waals surface area contributed by atoms with Crippen molar-refractivity contribution in [2.45, 2.75) is 149 Å². The quantitative estimate of drug-likeness (QED) is 0.191. The third kappa shape index (κ3) is 13.2. The van der Waals surface area contributed by atoms with E-state index in [0.29, 0.717) is 0 Å². The molecule has 0 aliphatic rings. The fourth-order valence-corrected chi connectivity index (χ4v) is 4.54. The molecule has 0 amide bonds. The van der Waals surface area contributed by atoms with Crippen LogP contribution in [0.5, 0.6) is 0 Å². The Labute approximate surface area is 184 Å². The first-order valence-electron chi connectivity index (χ1n) is 13.3. The van der Waals surface area contributed by atoms with E-state index in [0.717, 1.165) is 0 Å². The van der Waals surface area contributed by atoms with Gasteiger partial charge in [0.1, 0.15) is 0 Å². The van der Waals surface area contributed by atoms with Gasteiger partial charge in [0.15, 0.2) is 0 Å². The zero-order valence-corrected chi connectivity index (χ0v) is 20.3. The third-order valence-electron chi connectivity index (χ3n) is 6.49. The SMILES string of the molecule is CCCCCCCCCCCCCCCc1[c]ccc(CC)c1CCCCCC. The van der Waals surface area contributed by atoms with Gasteiger partial charge < -0.3 is 0 Å². The molecule has 1 aromatic rings. The summed E-state index contributed by atoms with van der Waals surface area (Å²) in [6.45, 7) is 6.90. The van der Waals surface area contributed by atoms with E-state index in [1.54, 1.807) is 11.1 Å². The molecule has 0 heteroatoms. The Balaban J connectivity index is 2.13.